The second-order valence-electron chi connectivity index (χ2n) is 14.1. The lowest BCUT2D eigenvalue weighted by Gasteiger charge is -2.33. The van der Waals surface area contributed by atoms with E-state index in [4.69, 9.17) is 14.2 Å². The third kappa shape index (κ3) is 5.86. The van der Waals surface area contributed by atoms with Crippen LogP contribution in [0.25, 0.3) is 15.2 Å². The molecule has 2 bridgehead atoms. The Bertz CT molecular complexity index is 2190. The van der Waals surface area contributed by atoms with Gasteiger partial charge in [0, 0.05) is 11.1 Å². The topological polar surface area (TPSA) is 166 Å². The molecule has 3 fully saturated rings. The van der Waals surface area contributed by atoms with Crippen molar-refractivity contribution >= 4 is 37.5 Å². The number of ether oxygens (including phenoxy) is 3. The predicted octanol–water partition coefficient (Wildman–Crippen LogP) is 3.46. The molecule has 2 aliphatic heterocycles. The van der Waals surface area contributed by atoms with Gasteiger partial charge in [0.25, 0.3) is 11.5 Å². The van der Waals surface area contributed by atoms with Crippen LogP contribution in [0.15, 0.2) is 40.2 Å². The molecule has 3 aromatic heterocycles. The van der Waals surface area contributed by atoms with Gasteiger partial charge < -0.3 is 14.2 Å². The molecule has 1 aromatic carbocycles. The number of nitrogens with zero attached hydrogens (tertiary/aromatic N) is 5. The molecule has 5 heterocycles. The maximum Gasteiger partial charge on any atom is 0.333 e. The highest BCUT2D eigenvalue weighted by Gasteiger charge is 2.52. The van der Waals surface area contributed by atoms with Crippen molar-refractivity contribution in [1.29, 1.82) is 0 Å². The number of carbonyl (C=O) groups excluding carboxylic acids is 1. The van der Waals surface area contributed by atoms with Crippen molar-refractivity contribution in [1.82, 2.24) is 28.9 Å². The van der Waals surface area contributed by atoms with Crippen LogP contribution in [0.2, 0.25) is 0 Å². The Hall–Kier alpha value is -3.93. The van der Waals surface area contributed by atoms with Crippen LogP contribution in [-0.4, -0.2) is 68.6 Å². The molecule has 0 radical (unpaired) electrons. The van der Waals surface area contributed by atoms with E-state index in [2.05, 4.69) is 14.9 Å². The van der Waals surface area contributed by atoms with Crippen molar-refractivity contribution in [2.75, 3.05) is 7.11 Å². The number of rotatable bonds is 11. The number of aryl methyl sites for hydroxylation is 1. The highest BCUT2D eigenvalue weighted by atomic mass is 32.2. The zero-order valence-electron chi connectivity index (χ0n) is 28.3. The largest absolute Gasteiger partial charge is 0.496 e. The van der Waals surface area contributed by atoms with Crippen LogP contribution in [0.3, 0.4) is 0 Å². The predicted molar refractivity (Wildman–Crippen MR) is 182 cm³/mol. The summed E-state index contributed by atoms with van der Waals surface area (Å²) in [5, 5.41) is 9.03. The van der Waals surface area contributed by atoms with Crippen molar-refractivity contribution in [3.8, 4) is 10.8 Å². The first-order valence-corrected chi connectivity index (χ1v) is 18.8. The summed E-state index contributed by atoms with van der Waals surface area (Å²) < 4.78 is 62.5. The number of hydrogen-bond donors (Lipinski definition) is 1. The molecule has 1 N–H and O–H groups in total. The number of methoxy groups -OCH3 is 1. The standard InChI is InChI=1S/C33H39FN6O8S2/c1-18-26-27(41)39(32(2,3)30(42)37-50(44,45)33(4)10-11-33)31(43)38(29(26)49-28(18)40-35-12-13-36-40)17-25(23-14-19(34)6-9-24(23)46-5)48-22-15-20-7-8-21(16-22)47-20/h6,9,12-14,20-22,25H,7-8,10-11,15-17H2,1-5H3,(H,37,42)/t20?,21?,22?,25-/m0/s1. The van der Waals surface area contributed by atoms with Crippen molar-refractivity contribution in [3.63, 3.8) is 0 Å². The number of benzene rings is 1. The van der Waals surface area contributed by atoms with Crippen molar-refractivity contribution in [3.05, 3.63) is 68.4 Å². The zero-order valence-corrected chi connectivity index (χ0v) is 30.0. The van der Waals surface area contributed by atoms with Gasteiger partial charge in [-0.3, -0.25) is 18.9 Å². The number of fused-ring (bicyclic) bond motifs is 3. The van der Waals surface area contributed by atoms with Crippen LogP contribution in [-0.2, 0) is 36.4 Å². The van der Waals surface area contributed by atoms with E-state index in [1.807, 2.05) is 0 Å². The van der Waals surface area contributed by atoms with Gasteiger partial charge in [0.2, 0.25) is 10.0 Å². The Morgan fingerprint density at radius 1 is 1.18 bits per heavy atom. The van der Waals surface area contributed by atoms with Crippen LogP contribution in [0, 0.1) is 12.7 Å². The molecule has 268 valence electrons. The third-order valence-electron chi connectivity index (χ3n) is 10.2. The second kappa shape index (κ2) is 12.4. The number of carbonyl (C=O) groups is 1. The van der Waals surface area contributed by atoms with Gasteiger partial charge in [-0.2, -0.15) is 10.2 Å². The van der Waals surface area contributed by atoms with Crippen LogP contribution < -0.4 is 20.7 Å². The average Bonchev–Trinajstić information content (AvgIpc) is 3.35. The molecule has 3 aliphatic rings. The molecule has 7 rings (SSSR count). The number of aromatic nitrogens is 5. The van der Waals surface area contributed by atoms with E-state index in [0.717, 1.165) is 28.7 Å². The number of halogens is 1. The van der Waals surface area contributed by atoms with Crippen molar-refractivity contribution < 1.29 is 31.8 Å². The zero-order chi connectivity index (χ0) is 35.7. The maximum atomic E-state index is 14.9. The molecule has 14 nitrogen and oxygen atoms in total. The number of sulfonamides is 1. The highest BCUT2D eigenvalue weighted by Crippen LogP contribution is 2.43. The molecule has 0 spiro atoms. The first-order valence-electron chi connectivity index (χ1n) is 16.5. The first-order chi connectivity index (χ1) is 23.6. The van der Waals surface area contributed by atoms with Gasteiger partial charge in [-0.05, 0) is 84.4 Å². The molecule has 17 heteroatoms. The van der Waals surface area contributed by atoms with Gasteiger partial charge in [-0.25, -0.2) is 22.2 Å². The normalized spacial score (nSPS) is 22.1. The smallest absolute Gasteiger partial charge is 0.333 e. The van der Waals surface area contributed by atoms with E-state index in [1.165, 1.54) is 67.8 Å². The molecular weight excluding hydrogens is 692 g/mol. The monoisotopic (exact) mass is 730 g/mol. The van der Waals surface area contributed by atoms with Gasteiger partial charge in [0.1, 0.15) is 33.0 Å². The molecule has 3 atom stereocenters. The third-order valence-corrected chi connectivity index (χ3v) is 13.7. The molecular formula is C33H39FN6O8S2. The quantitative estimate of drug-likeness (QED) is 0.242. The summed E-state index contributed by atoms with van der Waals surface area (Å²) >= 11 is 1.10. The summed E-state index contributed by atoms with van der Waals surface area (Å²) in [6, 6.07) is 4.05. The Kier molecular flexibility index (Phi) is 8.55. The van der Waals surface area contributed by atoms with Crippen LogP contribution in [0.1, 0.15) is 76.5 Å². The van der Waals surface area contributed by atoms with Crippen molar-refractivity contribution in [2.45, 2.75) is 107 Å². The summed E-state index contributed by atoms with van der Waals surface area (Å²) in [6.07, 6.45) is 5.60. The molecule has 2 unspecified atom stereocenters. The van der Waals surface area contributed by atoms with Crippen molar-refractivity contribution in [2.24, 2.45) is 0 Å². The van der Waals surface area contributed by atoms with E-state index in [9.17, 15) is 27.2 Å². The maximum absolute atomic E-state index is 14.9. The molecule has 2 saturated heterocycles. The fourth-order valence-electron chi connectivity index (χ4n) is 6.91. The van der Waals surface area contributed by atoms with E-state index < -0.39 is 49.4 Å². The number of hydrogen-bond acceptors (Lipinski definition) is 11. The minimum absolute atomic E-state index is 0.0303. The molecule has 4 aromatic rings. The SMILES string of the molecule is COc1ccc(F)cc1[C@H](Cn1c(=O)n(C(C)(C)C(=O)NS(=O)(=O)C2(C)CC2)c(=O)c2c(C)c(-n3nccn3)sc21)OC1CC2CCC(C1)O2. The van der Waals surface area contributed by atoms with E-state index in [1.54, 1.807) is 6.92 Å². The molecule has 1 aliphatic carbocycles. The lowest BCUT2D eigenvalue weighted by atomic mass is 10.0. The van der Waals surface area contributed by atoms with Crippen LogP contribution >= 0.6 is 11.3 Å². The lowest BCUT2D eigenvalue weighted by Crippen LogP contribution is -2.57. The fraction of sp³-hybridized carbons (Fsp3) is 0.545. The average molecular weight is 731 g/mol. The number of thiophene rings is 1. The van der Waals surface area contributed by atoms with Crippen LogP contribution in [0.5, 0.6) is 5.75 Å². The van der Waals surface area contributed by atoms with Gasteiger partial charge in [0.15, 0.2) is 0 Å². The first kappa shape index (κ1) is 34.5. The molecule has 1 amide bonds. The minimum atomic E-state index is -4.10. The summed E-state index contributed by atoms with van der Waals surface area (Å²) in [5.74, 6) is -1.23. The van der Waals surface area contributed by atoms with Gasteiger partial charge >= 0.3 is 5.69 Å². The summed E-state index contributed by atoms with van der Waals surface area (Å²) in [4.78, 5) is 44.5. The van der Waals surface area contributed by atoms with E-state index >= 15 is 0 Å². The van der Waals surface area contributed by atoms with E-state index in [0.29, 0.717) is 47.6 Å². The molecule has 50 heavy (non-hydrogen) atoms. The van der Waals surface area contributed by atoms with Gasteiger partial charge in [-0.15, -0.1) is 4.80 Å². The van der Waals surface area contributed by atoms with Gasteiger partial charge in [0.05, 0.1) is 54.5 Å². The Balaban J connectivity index is 1.40. The minimum Gasteiger partial charge on any atom is -0.496 e. The van der Waals surface area contributed by atoms with Crippen LogP contribution in [0.4, 0.5) is 4.39 Å². The molecule has 1 saturated carbocycles. The van der Waals surface area contributed by atoms with E-state index in [-0.39, 0.29) is 35.1 Å². The fourth-order valence-corrected chi connectivity index (χ4v) is 9.51. The number of amides is 1. The number of nitrogens with one attached hydrogen (secondary N) is 1. The van der Waals surface area contributed by atoms with Gasteiger partial charge in [-0.1, -0.05) is 11.3 Å². The summed E-state index contributed by atoms with van der Waals surface area (Å²) in [6.45, 7) is 5.66. The summed E-state index contributed by atoms with van der Waals surface area (Å²) in [5.41, 5.74) is -2.83. The Morgan fingerprint density at radius 2 is 1.84 bits per heavy atom. The summed E-state index contributed by atoms with van der Waals surface area (Å²) in [7, 11) is -2.64. The Labute approximate surface area is 291 Å². The lowest BCUT2D eigenvalue weighted by molar-refractivity contribution is -0.126. The second-order valence-corrected chi connectivity index (χ2v) is 17.2. The Morgan fingerprint density at radius 3 is 2.46 bits per heavy atom. The highest BCUT2D eigenvalue weighted by molar-refractivity contribution is 7.91.